The number of hydrogen-bond donors (Lipinski definition) is 1. The number of halogens is 1. The Labute approximate surface area is 164 Å². The number of benzene rings is 3. The van der Waals surface area contributed by atoms with E-state index >= 15 is 0 Å². The van der Waals surface area contributed by atoms with Crippen molar-refractivity contribution in [2.45, 2.75) is 12.5 Å². The summed E-state index contributed by atoms with van der Waals surface area (Å²) in [6.45, 7) is 0.195. The van der Waals surface area contributed by atoms with Crippen LogP contribution in [0.25, 0.3) is 12.2 Å². The Bertz CT molecular complexity index is 905. The third-order valence-corrected chi connectivity index (χ3v) is 4.33. The summed E-state index contributed by atoms with van der Waals surface area (Å²) < 4.78 is 5.37. The lowest BCUT2D eigenvalue weighted by Crippen LogP contribution is -2.13. The van der Waals surface area contributed by atoms with Gasteiger partial charge in [-0.2, -0.15) is 0 Å². The molecule has 1 amide bonds. The van der Waals surface area contributed by atoms with Crippen LogP contribution in [0.3, 0.4) is 0 Å². The standard InChI is InChI=1S/C23H20ClNO2/c24-16-19-11-14-22(15-12-19)25-23(26)27-17-21-9-5-4-8-20(21)13-10-18-6-2-1-3-7-18/h1-15H,16-17H2,(H,25,26). The molecule has 0 atom stereocenters. The van der Waals surface area contributed by atoms with Crippen molar-refractivity contribution in [2.75, 3.05) is 5.32 Å². The zero-order chi connectivity index (χ0) is 18.9. The molecule has 0 aromatic heterocycles. The van der Waals surface area contributed by atoms with Crippen LogP contribution < -0.4 is 5.32 Å². The molecule has 0 saturated heterocycles. The number of carbonyl (C=O) groups excluding carboxylic acids is 1. The lowest BCUT2D eigenvalue weighted by molar-refractivity contribution is 0.155. The molecule has 4 heteroatoms. The summed E-state index contributed by atoms with van der Waals surface area (Å²) in [6.07, 6.45) is 3.57. The Morgan fingerprint density at radius 1 is 0.889 bits per heavy atom. The zero-order valence-corrected chi connectivity index (χ0v) is 15.5. The van der Waals surface area contributed by atoms with Crippen molar-refractivity contribution in [3.05, 3.63) is 101 Å². The minimum atomic E-state index is -0.490. The molecule has 0 radical (unpaired) electrons. The number of rotatable bonds is 6. The molecule has 0 aliphatic rings. The molecule has 3 rings (SSSR count). The Balaban J connectivity index is 1.60. The zero-order valence-electron chi connectivity index (χ0n) is 14.8. The minimum Gasteiger partial charge on any atom is -0.444 e. The summed E-state index contributed by atoms with van der Waals surface area (Å²) in [6, 6.07) is 25.3. The van der Waals surface area contributed by atoms with Gasteiger partial charge in [0, 0.05) is 11.6 Å². The molecule has 0 aliphatic carbocycles. The molecule has 3 aromatic rings. The monoisotopic (exact) mass is 377 g/mol. The number of anilines is 1. The fourth-order valence-corrected chi connectivity index (χ4v) is 2.73. The van der Waals surface area contributed by atoms with E-state index < -0.39 is 6.09 Å². The molecule has 0 aliphatic heterocycles. The van der Waals surface area contributed by atoms with Gasteiger partial charge in [0.1, 0.15) is 6.61 Å². The highest BCUT2D eigenvalue weighted by molar-refractivity contribution is 6.17. The molecule has 0 heterocycles. The van der Waals surface area contributed by atoms with Gasteiger partial charge < -0.3 is 4.74 Å². The minimum absolute atomic E-state index is 0.195. The van der Waals surface area contributed by atoms with Crippen molar-refractivity contribution in [3.63, 3.8) is 0 Å². The van der Waals surface area contributed by atoms with E-state index in [1.165, 1.54) is 0 Å². The molecule has 136 valence electrons. The first-order chi connectivity index (χ1) is 13.2. The number of ether oxygens (including phenoxy) is 1. The maximum absolute atomic E-state index is 12.1. The van der Waals surface area contributed by atoms with Gasteiger partial charge in [-0.05, 0) is 34.4 Å². The van der Waals surface area contributed by atoms with E-state index in [1.54, 1.807) is 12.1 Å². The van der Waals surface area contributed by atoms with Gasteiger partial charge in [0.25, 0.3) is 0 Å². The topological polar surface area (TPSA) is 38.3 Å². The van der Waals surface area contributed by atoms with Gasteiger partial charge >= 0.3 is 6.09 Å². The van der Waals surface area contributed by atoms with E-state index in [1.807, 2.05) is 78.9 Å². The quantitative estimate of drug-likeness (QED) is 0.401. The van der Waals surface area contributed by atoms with Crippen molar-refractivity contribution in [3.8, 4) is 0 Å². The number of carbonyl (C=O) groups is 1. The SMILES string of the molecule is O=C(Nc1ccc(CCl)cc1)OCc1ccccc1C=Cc1ccccc1. The molecule has 0 saturated carbocycles. The molecule has 0 spiro atoms. The van der Waals surface area contributed by atoms with E-state index in [4.69, 9.17) is 16.3 Å². The Hall–Kier alpha value is -3.04. The highest BCUT2D eigenvalue weighted by Gasteiger charge is 2.06. The summed E-state index contributed by atoms with van der Waals surface area (Å²) >= 11 is 5.76. The second-order valence-corrected chi connectivity index (χ2v) is 6.24. The number of nitrogens with one attached hydrogen (secondary N) is 1. The van der Waals surface area contributed by atoms with Crippen molar-refractivity contribution in [1.82, 2.24) is 0 Å². The highest BCUT2D eigenvalue weighted by atomic mass is 35.5. The molecule has 27 heavy (non-hydrogen) atoms. The maximum atomic E-state index is 12.1. The fourth-order valence-electron chi connectivity index (χ4n) is 2.55. The second kappa shape index (κ2) is 9.60. The molecule has 0 unspecified atom stereocenters. The van der Waals surface area contributed by atoms with Gasteiger partial charge in [-0.3, -0.25) is 5.32 Å². The molecular formula is C23H20ClNO2. The van der Waals surface area contributed by atoms with Crippen LogP contribution in [-0.4, -0.2) is 6.09 Å². The lowest BCUT2D eigenvalue weighted by Gasteiger charge is -2.09. The normalized spacial score (nSPS) is 10.7. The van der Waals surface area contributed by atoms with Crippen molar-refractivity contribution in [1.29, 1.82) is 0 Å². The average molecular weight is 378 g/mol. The molecular weight excluding hydrogens is 358 g/mol. The molecule has 3 nitrogen and oxygen atoms in total. The second-order valence-electron chi connectivity index (χ2n) is 5.97. The van der Waals surface area contributed by atoms with Gasteiger partial charge in [0.2, 0.25) is 0 Å². The van der Waals surface area contributed by atoms with Crippen LogP contribution in [0.4, 0.5) is 10.5 Å². The highest BCUT2D eigenvalue weighted by Crippen LogP contribution is 2.16. The Morgan fingerprint density at radius 3 is 2.33 bits per heavy atom. The average Bonchev–Trinajstić information content (AvgIpc) is 2.72. The van der Waals surface area contributed by atoms with E-state index in [-0.39, 0.29) is 6.61 Å². The smallest absolute Gasteiger partial charge is 0.411 e. The van der Waals surface area contributed by atoms with Gasteiger partial charge in [0.15, 0.2) is 0 Å². The first kappa shape index (κ1) is 18.7. The third kappa shape index (κ3) is 5.73. The van der Waals surface area contributed by atoms with Gasteiger partial charge in [-0.1, -0.05) is 78.9 Å². The largest absolute Gasteiger partial charge is 0.444 e. The van der Waals surface area contributed by atoms with E-state index in [9.17, 15) is 4.79 Å². The van der Waals surface area contributed by atoms with Crippen LogP contribution in [0, 0.1) is 0 Å². The van der Waals surface area contributed by atoms with E-state index in [2.05, 4.69) is 5.32 Å². The fraction of sp³-hybridized carbons (Fsp3) is 0.0870. The third-order valence-electron chi connectivity index (χ3n) is 4.02. The number of amides is 1. The first-order valence-electron chi connectivity index (χ1n) is 8.64. The van der Waals surface area contributed by atoms with Gasteiger partial charge in [-0.15, -0.1) is 11.6 Å². The van der Waals surface area contributed by atoms with Crippen LogP contribution in [0.2, 0.25) is 0 Å². The van der Waals surface area contributed by atoms with Crippen LogP contribution in [0.5, 0.6) is 0 Å². The molecule has 1 N–H and O–H groups in total. The lowest BCUT2D eigenvalue weighted by atomic mass is 10.1. The summed E-state index contributed by atoms with van der Waals surface area (Å²) in [5.74, 6) is 0.442. The van der Waals surface area contributed by atoms with Crippen LogP contribution in [0.15, 0.2) is 78.9 Å². The molecule has 0 bridgehead atoms. The van der Waals surface area contributed by atoms with Gasteiger partial charge in [0.05, 0.1) is 0 Å². The predicted octanol–water partition coefficient (Wildman–Crippen LogP) is 6.34. The molecule has 0 fully saturated rings. The van der Waals surface area contributed by atoms with Crippen molar-refractivity contribution < 1.29 is 9.53 Å². The van der Waals surface area contributed by atoms with Crippen molar-refractivity contribution in [2.24, 2.45) is 0 Å². The summed E-state index contributed by atoms with van der Waals surface area (Å²) in [7, 11) is 0. The summed E-state index contributed by atoms with van der Waals surface area (Å²) in [4.78, 5) is 12.1. The summed E-state index contributed by atoms with van der Waals surface area (Å²) in [5.41, 5.74) is 4.74. The van der Waals surface area contributed by atoms with E-state index in [0.717, 1.165) is 22.3 Å². The predicted molar refractivity (Wildman–Crippen MR) is 112 cm³/mol. The van der Waals surface area contributed by atoms with Crippen molar-refractivity contribution >= 4 is 35.5 Å². The Morgan fingerprint density at radius 2 is 1.59 bits per heavy atom. The van der Waals surface area contributed by atoms with Crippen LogP contribution in [0.1, 0.15) is 22.3 Å². The van der Waals surface area contributed by atoms with E-state index in [0.29, 0.717) is 11.6 Å². The number of hydrogen-bond acceptors (Lipinski definition) is 2. The van der Waals surface area contributed by atoms with Gasteiger partial charge in [-0.25, -0.2) is 4.79 Å². The molecule has 3 aromatic carbocycles. The number of alkyl halides is 1. The Kier molecular flexibility index (Phi) is 6.66. The first-order valence-corrected chi connectivity index (χ1v) is 9.18. The van der Waals surface area contributed by atoms with Crippen LogP contribution in [-0.2, 0) is 17.2 Å². The maximum Gasteiger partial charge on any atom is 0.411 e. The van der Waals surface area contributed by atoms with Crippen LogP contribution >= 0.6 is 11.6 Å². The summed E-state index contributed by atoms with van der Waals surface area (Å²) in [5, 5.41) is 2.72.